The molecule has 0 amide bonds. The summed E-state index contributed by atoms with van der Waals surface area (Å²) in [7, 11) is 1.50. The molecule has 1 N–H and O–H groups in total. The lowest BCUT2D eigenvalue weighted by atomic mass is 10.2. The van der Waals surface area contributed by atoms with Gasteiger partial charge in [-0.1, -0.05) is 12.6 Å². The number of H-pyrrole nitrogens is 1. The lowest BCUT2D eigenvalue weighted by molar-refractivity contribution is -0.145. The van der Waals surface area contributed by atoms with Crippen LogP contribution < -0.4 is 24.2 Å². The van der Waals surface area contributed by atoms with Gasteiger partial charge in [-0.05, 0) is 30.7 Å². The van der Waals surface area contributed by atoms with Crippen molar-refractivity contribution in [2.24, 2.45) is 0 Å². The van der Waals surface area contributed by atoms with Gasteiger partial charge in [0, 0.05) is 0 Å². The average Bonchev–Trinajstić information content (AvgIpc) is 2.83. The quantitative estimate of drug-likeness (QED) is 0.784. The van der Waals surface area contributed by atoms with Crippen molar-refractivity contribution in [2.75, 3.05) is 20.3 Å². The number of carbonyl (C=O) groups is 1. The molecule has 23 heavy (non-hydrogen) atoms. The average molecular weight is 335 g/mol. The van der Waals surface area contributed by atoms with Crippen LogP contribution in [-0.4, -0.2) is 31.3 Å². The van der Waals surface area contributed by atoms with Crippen LogP contribution >= 0.6 is 11.3 Å². The Balaban J connectivity index is 2.24. The minimum absolute atomic E-state index is 0.179. The first-order valence-corrected chi connectivity index (χ1v) is 7.71. The summed E-state index contributed by atoms with van der Waals surface area (Å²) >= 11 is 1.28. The van der Waals surface area contributed by atoms with Gasteiger partial charge in [0.05, 0.1) is 22.9 Å². The fraction of sp³-hybridized carbons (Fsp3) is 0.250. The van der Waals surface area contributed by atoms with Gasteiger partial charge in [0.1, 0.15) is 0 Å². The molecule has 0 fully saturated rings. The van der Waals surface area contributed by atoms with Crippen molar-refractivity contribution in [2.45, 2.75) is 6.92 Å². The highest BCUT2D eigenvalue weighted by Crippen LogP contribution is 2.28. The molecule has 0 aliphatic heterocycles. The number of carbonyl (C=O) groups excluding carboxylic acids is 1. The number of rotatable bonds is 6. The Hall–Kier alpha value is -2.54. The molecule has 7 heteroatoms. The summed E-state index contributed by atoms with van der Waals surface area (Å²) in [5.41, 5.74) is 0.597. The van der Waals surface area contributed by atoms with E-state index in [2.05, 4.69) is 11.6 Å². The van der Waals surface area contributed by atoms with E-state index in [0.717, 1.165) is 5.56 Å². The third kappa shape index (κ3) is 4.46. The summed E-state index contributed by atoms with van der Waals surface area (Å²) in [6, 6.07) is 5.17. The normalized spacial score (nSPS) is 11.3. The van der Waals surface area contributed by atoms with E-state index in [1.807, 2.05) is 0 Å². The van der Waals surface area contributed by atoms with Gasteiger partial charge in [-0.15, -0.1) is 11.3 Å². The number of hydrogen-bond acceptors (Lipinski definition) is 6. The lowest BCUT2D eigenvalue weighted by Crippen LogP contribution is -2.19. The van der Waals surface area contributed by atoms with Crippen LogP contribution in [0.3, 0.4) is 0 Å². The van der Waals surface area contributed by atoms with Crippen LogP contribution in [0.2, 0.25) is 0 Å². The van der Waals surface area contributed by atoms with Gasteiger partial charge in [-0.3, -0.25) is 4.79 Å². The third-order valence-electron chi connectivity index (χ3n) is 2.85. The van der Waals surface area contributed by atoms with Crippen molar-refractivity contribution in [3.8, 4) is 11.5 Å². The van der Waals surface area contributed by atoms with Crippen LogP contribution in [0.25, 0.3) is 12.7 Å². The second-order valence-corrected chi connectivity index (χ2v) is 5.63. The minimum atomic E-state index is -0.446. The zero-order chi connectivity index (χ0) is 16.8. The number of hydrogen-bond donors (Lipinski definition) is 1. The van der Waals surface area contributed by atoms with Gasteiger partial charge in [0.15, 0.2) is 18.1 Å². The van der Waals surface area contributed by atoms with E-state index >= 15 is 0 Å². The zero-order valence-corrected chi connectivity index (χ0v) is 13.7. The number of methoxy groups -OCH3 is 1. The molecule has 1 aromatic carbocycles. The summed E-state index contributed by atoms with van der Waals surface area (Å²) < 4.78 is 16.6. The Labute approximate surface area is 136 Å². The van der Waals surface area contributed by atoms with Gasteiger partial charge in [0.2, 0.25) is 0 Å². The molecule has 1 aromatic heterocycles. The summed E-state index contributed by atoms with van der Waals surface area (Å²) in [4.78, 5) is 25.6. The molecule has 0 spiro atoms. The van der Waals surface area contributed by atoms with Crippen LogP contribution in [0.4, 0.5) is 0 Å². The summed E-state index contributed by atoms with van der Waals surface area (Å²) in [5.74, 6) is 0.444. The highest BCUT2D eigenvalue weighted by Gasteiger charge is 2.08. The molecule has 0 radical (unpaired) electrons. The summed E-state index contributed by atoms with van der Waals surface area (Å²) in [6.07, 6.45) is 1.73. The topological polar surface area (TPSA) is 77.6 Å². The largest absolute Gasteiger partial charge is 0.493 e. The van der Waals surface area contributed by atoms with E-state index in [1.165, 1.54) is 18.4 Å². The molecular weight excluding hydrogens is 318 g/mol. The number of aromatic nitrogens is 1. The Morgan fingerprint density at radius 1 is 1.39 bits per heavy atom. The Bertz CT molecular complexity index is 852. The number of aromatic amines is 1. The number of esters is 1. The van der Waals surface area contributed by atoms with Crippen molar-refractivity contribution in [3.63, 3.8) is 0 Å². The Morgan fingerprint density at radius 2 is 2.17 bits per heavy atom. The fourth-order valence-corrected chi connectivity index (χ4v) is 2.62. The molecule has 0 aliphatic rings. The van der Waals surface area contributed by atoms with Gasteiger partial charge in [-0.25, -0.2) is 4.79 Å². The summed E-state index contributed by atoms with van der Waals surface area (Å²) in [6.45, 7) is 5.54. The van der Waals surface area contributed by atoms with Crippen molar-refractivity contribution < 1.29 is 19.0 Å². The molecule has 0 saturated heterocycles. The monoisotopic (exact) mass is 335 g/mol. The van der Waals surface area contributed by atoms with Gasteiger partial charge >= 0.3 is 5.97 Å². The molecule has 0 unspecified atom stereocenters. The second kappa shape index (κ2) is 7.64. The molecular formula is C16H17NO5S. The maximum Gasteiger partial charge on any atom is 0.344 e. The number of ether oxygens (including phenoxy) is 3. The van der Waals surface area contributed by atoms with Gasteiger partial charge in [0.25, 0.3) is 5.56 Å². The predicted molar refractivity (Wildman–Crippen MR) is 88.4 cm³/mol. The fourth-order valence-electron chi connectivity index (χ4n) is 1.87. The number of nitrogens with one attached hydrogen (secondary N) is 1. The molecule has 2 aromatic rings. The lowest BCUT2D eigenvalue weighted by Gasteiger charge is -2.10. The molecule has 2 rings (SSSR count). The Kier molecular flexibility index (Phi) is 5.59. The standard InChI is InChI=1S/C16H17NO5S/c1-4-21-15(18)9-22-12-6-5-11(7-13(12)20-3)8-14-16(19)17-10(2)23-14/h5-8H,2,4,9H2,1,3H3,(H,17,19). The second-order valence-electron chi connectivity index (χ2n) is 4.49. The van der Waals surface area contributed by atoms with Gasteiger partial charge < -0.3 is 19.2 Å². The molecule has 1 heterocycles. The highest BCUT2D eigenvalue weighted by atomic mass is 32.1. The zero-order valence-electron chi connectivity index (χ0n) is 12.9. The first kappa shape index (κ1) is 16.8. The van der Waals surface area contributed by atoms with Crippen molar-refractivity contribution in [1.82, 2.24) is 4.98 Å². The highest BCUT2D eigenvalue weighted by molar-refractivity contribution is 7.07. The minimum Gasteiger partial charge on any atom is -0.493 e. The first-order valence-electron chi connectivity index (χ1n) is 6.89. The molecule has 0 bridgehead atoms. The maximum atomic E-state index is 11.7. The number of thiazole rings is 1. The van der Waals surface area contributed by atoms with Crippen molar-refractivity contribution in [3.05, 3.63) is 43.3 Å². The molecule has 0 aliphatic carbocycles. The van der Waals surface area contributed by atoms with Gasteiger partial charge in [-0.2, -0.15) is 0 Å². The van der Waals surface area contributed by atoms with Crippen LogP contribution in [0.15, 0.2) is 23.0 Å². The summed E-state index contributed by atoms with van der Waals surface area (Å²) in [5, 5.41) is 0. The SMILES string of the molecule is C=c1[nH]c(=O)c(=Cc2ccc(OCC(=O)OCC)c(OC)c2)s1. The van der Waals surface area contributed by atoms with Crippen LogP contribution in [-0.2, 0) is 9.53 Å². The van der Waals surface area contributed by atoms with E-state index in [0.29, 0.717) is 27.3 Å². The van der Waals surface area contributed by atoms with Crippen molar-refractivity contribution >= 4 is 30.0 Å². The van der Waals surface area contributed by atoms with E-state index in [1.54, 1.807) is 31.2 Å². The smallest absolute Gasteiger partial charge is 0.344 e. The van der Waals surface area contributed by atoms with E-state index in [9.17, 15) is 9.59 Å². The maximum absolute atomic E-state index is 11.7. The van der Waals surface area contributed by atoms with Crippen LogP contribution in [0.1, 0.15) is 12.5 Å². The number of benzene rings is 1. The first-order chi connectivity index (χ1) is 11.0. The Morgan fingerprint density at radius 3 is 2.78 bits per heavy atom. The van der Waals surface area contributed by atoms with E-state index in [-0.39, 0.29) is 12.2 Å². The van der Waals surface area contributed by atoms with E-state index < -0.39 is 5.97 Å². The molecule has 0 saturated carbocycles. The van der Waals surface area contributed by atoms with Crippen molar-refractivity contribution in [1.29, 1.82) is 0 Å². The third-order valence-corrected chi connectivity index (χ3v) is 3.72. The molecule has 122 valence electrons. The van der Waals surface area contributed by atoms with E-state index in [4.69, 9.17) is 14.2 Å². The predicted octanol–water partition coefficient (Wildman–Crippen LogP) is 0.626. The van der Waals surface area contributed by atoms with Crippen LogP contribution in [0.5, 0.6) is 11.5 Å². The van der Waals surface area contributed by atoms with Crippen LogP contribution in [0, 0.1) is 0 Å². The molecule has 0 atom stereocenters. The molecule has 6 nitrogen and oxygen atoms in total.